The molecule has 0 aliphatic heterocycles. The first-order valence-corrected chi connectivity index (χ1v) is 7.74. The number of rotatable bonds is 3. The van der Waals surface area contributed by atoms with Gasteiger partial charge in [0.25, 0.3) is 0 Å². The molecule has 1 aromatic heterocycles. The number of hydrogen-bond acceptors (Lipinski definition) is 3. The molecule has 0 saturated carbocycles. The topological polar surface area (TPSA) is 47.0 Å². The second kappa shape index (κ2) is 5.14. The maximum atomic E-state index is 12.3. The van der Waals surface area contributed by atoms with E-state index in [1.165, 1.54) is 0 Å². The Morgan fingerprint density at radius 3 is 2.18 bits per heavy atom. The molecule has 0 aliphatic rings. The van der Waals surface area contributed by atoms with E-state index in [2.05, 4.69) is 4.98 Å². The van der Waals surface area contributed by atoms with Crippen molar-refractivity contribution in [2.24, 2.45) is 0 Å². The first-order chi connectivity index (χ1) is 8.12. The number of aromatic nitrogens is 1. The van der Waals surface area contributed by atoms with E-state index in [1.54, 1.807) is 54.9 Å². The Labute approximate surface area is 114 Å². The van der Waals surface area contributed by atoms with Crippen LogP contribution in [0.5, 0.6) is 0 Å². The fraction of sp³-hybridized carbons (Fsp3) is 0.0833. The maximum absolute atomic E-state index is 12.3. The number of halogens is 1. The summed E-state index contributed by atoms with van der Waals surface area (Å²) in [6.45, 7) is 0. The molecule has 1 aromatic carbocycles. The van der Waals surface area contributed by atoms with Crippen LogP contribution in [0.15, 0.2) is 59.8 Å². The van der Waals surface area contributed by atoms with Crippen molar-refractivity contribution in [1.29, 1.82) is 0 Å². The minimum atomic E-state index is -3.33. The average molecular weight is 359 g/mol. The summed E-state index contributed by atoms with van der Waals surface area (Å²) < 4.78 is 24.0. The standard InChI is InChI=1S/C12H10INO2S/c13-12(10-6-8-14-9-7-10)17(15,16)11-4-2-1-3-5-11/h1-9,12H. The minimum Gasteiger partial charge on any atom is -0.265 e. The largest absolute Gasteiger partial charge is 0.265 e. The van der Waals surface area contributed by atoms with E-state index in [-0.39, 0.29) is 0 Å². The summed E-state index contributed by atoms with van der Waals surface area (Å²) in [6.07, 6.45) is 3.20. The van der Waals surface area contributed by atoms with E-state index in [4.69, 9.17) is 0 Å². The summed E-state index contributed by atoms with van der Waals surface area (Å²) in [7, 11) is -3.33. The fourth-order valence-corrected chi connectivity index (χ4v) is 4.01. The number of nitrogens with zero attached hydrogens (tertiary/aromatic N) is 1. The van der Waals surface area contributed by atoms with E-state index in [0.717, 1.165) is 5.56 Å². The van der Waals surface area contributed by atoms with Crippen LogP contribution in [0.3, 0.4) is 0 Å². The molecule has 0 fully saturated rings. The first kappa shape index (κ1) is 12.5. The van der Waals surface area contributed by atoms with Gasteiger partial charge in [-0.1, -0.05) is 40.8 Å². The van der Waals surface area contributed by atoms with Gasteiger partial charge in [-0.3, -0.25) is 4.98 Å². The second-order valence-corrected chi connectivity index (χ2v) is 7.58. The van der Waals surface area contributed by atoms with Gasteiger partial charge < -0.3 is 0 Å². The number of benzene rings is 1. The average Bonchev–Trinajstić information content (AvgIpc) is 2.40. The molecule has 0 radical (unpaired) electrons. The van der Waals surface area contributed by atoms with E-state index >= 15 is 0 Å². The fourth-order valence-electron chi connectivity index (χ4n) is 1.42. The van der Waals surface area contributed by atoms with Gasteiger partial charge in [-0.05, 0) is 29.8 Å². The summed E-state index contributed by atoms with van der Waals surface area (Å²) >= 11 is 1.94. The molecular formula is C12H10INO2S. The highest BCUT2D eigenvalue weighted by Gasteiger charge is 2.25. The lowest BCUT2D eigenvalue weighted by Gasteiger charge is -2.11. The third-order valence-electron chi connectivity index (χ3n) is 2.31. The molecule has 5 heteroatoms. The highest BCUT2D eigenvalue weighted by atomic mass is 127. The first-order valence-electron chi connectivity index (χ1n) is 4.95. The van der Waals surface area contributed by atoms with Crippen LogP contribution >= 0.6 is 22.6 Å². The molecule has 2 aromatic rings. The van der Waals surface area contributed by atoms with Gasteiger partial charge in [-0.2, -0.15) is 0 Å². The summed E-state index contributed by atoms with van der Waals surface area (Å²) in [5.41, 5.74) is 0.740. The Morgan fingerprint density at radius 2 is 1.59 bits per heavy atom. The monoisotopic (exact) mass is 359 g/mol. The van der Waals surface area contributed by atoms with E-state index in [9.17, 15) is 8.42 Å². The van der Waals surface area contributed by atoms with Crippen LogP contribution in [-0.4, -0.2) is 13.4 Å². The number of alkyl halides is 1. The van der Waals surface area contributed by atoms with Crippen molar-refractivity contribution in [3.05, 3.63) is 60.4 Å². The maximum Gasteiger partial charge on any atom is 0.194 e. The predicted molar refractivity (Wildman–Crippen MR) is 74.6 cm³/mol. The Morgan fingerprint density at radius 1 is 1.00 bits per heavy atom. The minimum absolute atomic E-state index is 0.344. The highest BCUT2D eigenvalue weighted by molar-refractivity contribution is 14.1. The highest BCUT2D eigenvalue weighted by Crippen LogP contribution is 2.33. The summed E-state index contributed by atoms with van der Waals surface area (Å²) in [4.78, 5) is 4.23. The van der Waals surface area contributed by atoms with Crippen LogP contribution < -0.4 is 0 Å². The van der Waals surface area contributed by atoms with Crippen LogP contribution in [0.25, 0.3) is 0 Å². The van der Waals surface area contributed by atoms with Crippen molar-refractivity contribution in [3.8, 4) is 0 Å². The zero-order valence-electron chi connectivity index (χ0n) is 8.82. The molecule has 2 rings (SSSR count). The SMILES string of the molecule is O=S(=O)(c1ccccc1)C(I)c1ccncc1. The quantitative estimate of drug-likeness (QED) is 0.625. The van der Waals surface area contributed by atoms with Crippen molar-refractivity contribution in [2.75, 3.05) is 0 Å². The molecule has 0 bridgehead atoms. The zero-order valence-corrected chi connectivity index (χ0v) is 11.8. The van der Waals surface area contributed by atoms with Crippen molar-refractivity contribution in [1.82, 2.24) is 4.98 Å². The zero-order chi connectivity index (χ0) is 12.3. The molecule has 0 spiro atoms. The van der Waals surface area contributed by atoms with Gasteiger partial charge in [0.2, 0.25) is 0 Å². The van der Waals surface area contributed by atoms with Crippen molar-refractivity contribution < 1.29 is 8.42 Å². The molecule has 0 saturated heterocycles. The van der Waals surface area contributed by atoms with Gasteiger partial charge in [-0.15, -0.1) is 0 Å². The molecule has 0 N–H and O–H groups in total. The van der Waals surface area contributed by atoms with Gasteiger partial charge in [0, 0.05) is 12.4 Å². The summed E-state index contributed by atoms with van der Waals surface area (Å²) in [5.74, 6) is 0. The Hall–Kier alpha value is -0.950. The van der Waals surface area contributed by atoms with Gasteiger partial charge in [0.15, 0.2) is 9.84 Å². The van der Waals surface area contributed by atoms with Crippen LogP contribution in [0.2, 0.25) is 0 Å². The molecule has 0 aliphatic carbocycles. The lowest BCUT2D eigenvalue weighted by atomic mass is 10.3. The second-order valence-electron chi connectivity index (χ2n) is 3.45. The molecule has 17 heavy (non-hydrogen) atoms. The smallest absolute Gasteiger partial charge is 0.194 e. The third-order valence-corrected chi connectivity index (χ3v) is 6.79. The molecule has 1 atom stereocenters. The van der Waals surface area contributed by atoms with Gasteiger partial charge in [0.1, 0.15) is 3.26 Å². The normalized spacial score (nSPS) is 13.2. The number of pyridine rings is 1. The van der Waals surface area contributed by atoms with Gasteiger partial charge in [0.05, 0.1) is 4.90 Å². The predicted octanol–water partition coefficient (Wildman–Crippen LogP) is 2.99. The lowest BCUT2D eigenvalue weighted by molar-refractivity contribution is 0.595. The van der Waals surface area contributed by atoms with Crippen molar-refractivity contribution >= 4 is 32.4 Å². The number of hydrogen-bond donors (Lipinski definition) is 0. The molecular weight excluding hydrogens is 349 g/mol. The van der Waals surface area contributed by atoms with Crippen LogP contribution in [0.1, 0.15) is 8.82 Å². The van der Waals surface area contributed by atoms with Crippen LogP contribution in [0.4, 0.5) is 0 Å². The third kappa shape index (κ3) is 2.66. The molecule has 1 unspecified atom stereocenters. The molecule has 88 valence electrons. The van der Waals surface area contributed by atoms with Gasteiger partial charge >= 0.3 is 0 Å². The van der Waals surface area contributed by atoms with Crippen LogP contribution in [0, 0.1) is 0 Å². The summed E-state index contributed by atoms with van der Waals surface area (Å²) in [6, 6.07) is 11.9. The van der Waals surface area contributed by atoms with Crippen molar-refractivity contribution in [3.63, 3.8) is 0 Å². The van der Waals surface area contributed by atoms with E-state index in [0.29, 0.717) is 4.90 Å². The Balaban J connectivity index is 2.41. The Bertz CT molecular complexity index is 584. The molecule has 0 amide bonds. The number of sulfone groups is 1. The molecule has 3 nitrogen and oxygen atoms in total. The Kier molecular flexibility index (Phi) is 3.78. The van der Waals surface area contributed by atoms with Crippen molar-refractivity contribution in [2.45, 2.75) is 8.15 Å². The molecule has 1 heterocycles. The lowest BCUT2D eigenvalue weighted by Crippen LogP contribution is -2.08. The van der Waals surface area contributed by atoms with Gasteiger partial charge in [-0.25, -0.2) is 8.42 Å². The van der Waals surface area contributed by atoms with E-state index < -0.39 is 13.1 Å². The van der Waals surface area contributed by atoms with E-state index in [1.807, 2.05) is 22.6 Å². The van der Waals surface area contributed by atoms with Crippen LogP contribution in [-0.2, 0) is 9.84 Å². The summed E-state index contributed by atoms with van der Waals surface area (Å²) in [5, 5.41) is 0.